The maximum atomic E-state index is 12.8. The van der Waals surface area contributed by atoms with Crippen molar-refractivity contribution < 1.29 is 14.3 Å². The van der Waals surface area contributed by atoms with Crippen molar-refractivity contribution in [2.45, 2.75) is 73.5 Å². The standard InChI is InChI=1S/C30H42N4O4/c1-19(2)26(29(36)38-18-30(4,5)6)31-15-22-7-8-25-24(14-22)33-27(23-13-20(3)28(35)32-16-23)34(25)17-21-9-11-37-12-10-21/h7-8,13-14,16,19,21,26,31H,9-12,15,17-18H2,1-6H3,(H,32,35). The van der Waals surface area contributed by atoms with Crippen LogP contribution in [0.4, 0.5) is 0 Å². The van der Waals surface area contributed by atoms with Crippen LogP contribution in [0.5, 0.6) is 0 Å². The zero-order valence-electron chi connectivity index (χ0n) is 23.6. The smallest absolute Gasteiger partial charge is 0.323 e. The molecule has 1 unspecified atom stereocenters. The second-order valence-corrected chi connectivity index (χ2v) is 12.1. The van der Waals surface area contributed by atoms with Gasteiger partial charge in [0.15, 0.2) is 0 Å². The van der Waals surface area contributed by atoms with Gasteiger partial charge in [-0.15, -0.1) is 0 Å². The summed E-state index contributed by atoms with van der Waals surface area (Å²) >= 11 is 0. The van der Waals surface area contributed by atoms with Crippen LogP contribution in [0.1, 0.15) is 58.6 Å². The summed E-state index contributed by atoms with van der Waals surface area (Å²) in [5, 5.41) is 3.41. The summed E-state index contributed by atoms with van der Waals surface area (Å²) in [5.41, 5.74) is 4.40. The maximum absolute atomic E-state index is 12.8. The fourth-order valence-corrected chi connectivity index (χ4v) is 4.80. The molecule has 0 amide bonds. The molecular formula is C30H42N4O4. The summed E-state index contributed by atoms with van der Waals surface area (Å²) in [6, 6.07) is 7.81. The predicted molar refractivity (Wildman–Crippen MR) is 150 cm³/mol. The number of aromatic nitrogens is 3. The van der Waals surface area contributed by atoms with Gasteiger partial charge in [-0.2, -0.15) is 0 Å². The maximum Gasteiger partial charge on any atom is 0.323 e. The monoisotopic (exact) mass is 522 g/mol. The number of hydrogen-bond donors (Lipinski definition) is 2. The fraction of sp³-hybridized carbons (Fsp3) is 0.567. The number of H-pyrrole nitrogens is 1. The van der Waals surface area contributed by atoms with Crippen molar-refractivity contribution in [3.8, 4) is 11.4 Å². The molecule has 3 aromatic rings. The Morgan fingerprint density at radius 1 is 1.24 bits per heavy atom. The first kappa shape index (κ1) is 28.0. The third-order valence-electron chi connectivity index (χ3n) is 7.04. The second-order valence-electron chi connectivity index (χ2n) is 12.1. The van der Waals surface area contributed by atoms with Crippen LogP contribution in [0.2, 0.25) is 0 Å². The van der Waals surface area contributed by atoms with Crippen LogP contribution in [-0.2, 0) is 27.4 Å². The first-order valence-electron chi connectivity index (χ1n) is 13.7. The van der Waals surface area contributed by atoms with Crippen molar-refractivity contribution in [3.05, 3.63) is 51.9 Å². The number of imidazole rings is 1. The highest BCUT2D eigenvalue weighted by Crippen LogP contribution is 2.29. The Bertz CT molecular complexity index is 1310. The molecule has 8 nitrogen and oxygen atoms in total. The minimum absolute atomic E-state index is 0.0757. The molecule has 1 fully saturated rings. The molecule has 0 spiro atoms. The third kappa shape index (κ3) is 6.91. The Labute approximate surface area is 225 Å². The van der Waals surface area contributed by atoms with Crippen molar-refractivity contribution in [2.24, 2.45) is 17.3 Å². The molecule has 2 aromatic heterocycles. The molecule has 0 bridgehead atoms. The Morgan fingerprint density at radius 2 is 1.97 bits per heavy atom. The van der Waals surface area contributed by atoms with Crippen LogP contribution in [0.3, 0.4) is 0 Å². The van der Waals surface area contributed by atoms with Gasteiger partial charge in [-0.3, -0.25) is 9.59 Å². The van der Waals surface area contributed by atoms with E-state index in [1.165, 1.54) is 0 Å². The molecule has 1 aliphatic heterocycles. The zero-order valence-corrected chi connectivity index (χ0v) is 23.6. The van der Waals surface area contributed by atoms with Gasteiger partial charge in [0.05, 0.1) is 17.6 Å². The van der Waals surface area contributed by atoms with Crippen LogP contribution >= 0.6 is 0 Å². The van der Waals surface area contributed by atoms with E-state index >= 15 is 0 Å². The molecule has 4 rings (SSSR count). The lowest BCUT2D eigenvalue weighted by molar-refractivity contribution is -0.150. The SMILES string of the molecule is Cc1cc(-c2nc3cc(CNC(C(=O)OCC(C)(C)C)C(C)C)ccc3n2CC2CCOCC2)c[nH]c1=O. The quantitative estimate of drug-likeness (QED) is 0.391. The molecule has 1 saturated heterocycles. The average Bonchev–Trinajstić information content (AvgIpc) is 3.22. The Hall–Kier alpha value is -2.97. The minimum atomic E-state index is -0.390. The van der Waals surface area contributed by atoms with Gasteiger partial charge in [0.2, 0.25) is 0 Å². The van der Waals surface area contributed by atoms with Gasteiger partial charge in [0.1, 0.15) is 11.9 Å². The van der Waals surface area contributed by atoms with E-state index in [1.807, 2.05) is 26.8 Å². The number of aromatic amines is 1. The van der Waals surface area contributed by atoms with Crippen LogP contribution < -0.4 is 10.9 Å². The van der Waals surface area contributed by atoms with Crippen molar-refractivity contribution in [1.29, 1.82) is 0 Å². The molecule has 1 aliphatic rings. The number of nitrogens with zero attached hydrogens (tertiary/aromatic N) is 2. The highest BCUT2D eigenvalue weighted by Gasteiger charge is 2.25. The van der Waals surface area contributed by atoms with Gasteiger partial charge in [-0.1, -0.05) is 40.7 Å². The van der Waals surface area contributed by atoms with Gasteiger partial charge in [-0.05, 0) is 60.8 Å². The second kappa shape index (κ2) is 11.8. The summed E-state index contributed by atoms with van der Waals surface area (Å²) in [7, 11) is 0. The summed E-state index contributed by atoms with van der Waals surface area (Å²) in [6.45, 7) is 15.4. The van der Waals surface area contributed by atoms with E-state index in [-0.39, 0.29) is 28.9 Å². The number of aryl methyl sites for hydroxylation is 1. The number of nitrogens with one attached hydrogen (secondary N) is 2. The summed E-state index contributed by atoms with van der Waals surface area (Å²) in [4.78, 5) is 32.6. The molecule has 1 aromatic carbocycles. The molecule has 0 aliphatic carbocycles. The Kier molecular flexibility index (Phi) is 8.73. The molecule has 2 N–H and O–H groups in total. The molecule has 3 heterocycles. The largest absolute Gasteiger partial charge is 0.464 e. The van der Waals surface area contributed by atoms with Crippen LogP contribution in [0.25, 0.3) is 22.4 Å². The topological polar surface area (TPSA) is 98.2 Å². The lowest BCUT2D eigenvalue weighted by atomic mass is 9.98. The zero-order chi connectivity index (χ0) is 27.4. The normalized spacial score (nSPS) is 15.8. The molecule has 8 heteroatoms. The van der Waals surface area contributed by atoms with Crippen LogP contribution in [0.15, 0.2) is 35.3 Å². The molecular weight excluding hydrogens is 480 g/mol. The Morgan fingerprint density at radius 3 is 2.63 bits per heavy atom. The number of benzene rings is 1. The third-order valence-corrected chi connectivity index (χ3v) is 7.04. The Balaban J connectivity index is 1.60. The van der Waals surface area contributed by atoms with E-state index in [4.69, 9.17) is 14.5 Å². The fourth-order valence-electron chi connectivity index (χ4n) is 4.80. The number of hydrogen-bond acceptors (Lipinski definition) is 6. The number of fused-ring (bicyclic) bond motifs is 1. The van der Waals surface area contributed by atoms with E-state index in [0.29, 0.717) is 24.6 Å². The van der Waals surface area contributed by atoms with E-state index in [2.05, 4.69) is 53.8 Å². The highest BCUT2D eigenvalue weighted by molar-refractivity contribution is 5.81. The lowest BCUT2D eigenvalue weighted by Crippen LogP contribution is -2.42. The van der Waals surface area contributed by atoms with Crippen molar-refractivity contribution in [2.75, 3.05) is 19.8 Å². The van der Waals surface area contributed by atoms with E-state index < -0.39 is 0 Å². The van der Waals surface area contributed by atoms with Gasteiger partial charge in [0.25, 0.3) is 5.56 Å². The summed E-state index contributed by atoms with van der Waals surface area (Å²) in [6.07, 6.45) is 3.79. The lowest BCUT2D eigenvalue weighted by Gasteiger charge is -2.24. The highest BCUT2D eigenvalue weighted by atomic mass is 16.5. The average molecular weight is 523 g/mol. The number of carbonyl (C=O) groups excluding carboxylic acids is 1. The van der Waals surface area contributed by atoms with E-state index in [1.54, 1.807) is 6.20 Å². The number of esters is 1. The minimum Gasteiger partial charge on any atom is -0.464 e. The van der Waals surface area contributed by atoms with Crippen molar-refractivity contribution in [3.63, 3.8) is 0 Å². The summed E-state index contributed by atoms with van der Waals surface area (Å²) in [5.74, 6) is 1.24. The van der Waals surface area contributed by atoms with Gasteiger partial charge in [0, 0.05) is 43.6 Å². The van der Waals surface area contributed by atoms with Gasteiger partial charge < -0.3 is 24.3 Å². The predicted octanol–water partition coefficient (Wildman–Crippen LogP) is 4.83. The molecule has 206 valence electrons. The number of pyridine rings is 1. The first-order chi connectivity index (χ1) is 18.0. The first-order valence-corrected chi connectivity index (χ1v) is 13.7. The van der Waals surface area contributed by atoms with Gasteiger partial charge in [-0.25, -0.2) is 4.98 Å². The van der Waals surface area contributed by atoms with E-state index in [0.717, 1.165) is 60.6 Å². The van der Waals surface area contributed by atoms with E-state index in [9.17, 15) is 9.59 Å². The number of ether oxygens (including phenoxy) is 2. The molecule has 1 atom stereocenters. The molecule has 0 saturated carbocycles. The van der Waals surface area contributed by atoms with Crippen molar-refractivity contribution in [1.82, 2.24) is 19.9 Å². The number of carbonyl (C=O) groups is 1. The van der Waals surface area contributed by atoms with Crippen LogP contribution in [-0.4, -0.2) is 46.4 Å². The molecule has 0 radical (unpaired) electrons. The van der Waals surface area contributed by atoms with Gasteiger partial charge >= 0.3 is 5.97 Å². The summed E-state index contributed by atoms with van der Waals surface area (Å²) < 4.78 is 13.4. The molecule has 38 heavy (non-hydrogen) atoms. The van der Waals surface area contributed by atoms with Crippen molar-refractivity contribution >= 4 is 17.0 Å². The van der Waals surface area contributed by atoms with Crippen LogP contribution in [0, 0.1) is 24.2 Å². The number of rotatable bonds is 9.